The molecule has 0 aromatic heterocycles. The fourth-order valence-electron chi connectivity index (χ4n) is 2.15. The maximum Gasteiger partial charge on any atom is 0.170 e. The molecule has 0 radical (unpaired) electrons. The van der Waals surface area contributed by atoms with E-state index in [1.54, 1.807) is 0 Å². The van der Waals surface area contributed by atoms with Crippen molar-refractivity contribution in [3.05, 3.63) is 51.8 Å². The summed E-state index contributed by atoms with van der Waals surface area (Å²) in [7, 11) is 0.841. The van der Waals surface area contributed by atoms with E-state index in [0.29, 0.717) is 0 Å². The van der Waals surface area contributed by atoms with Gasteiger partial charge in [-0.2, -0.15) is 0 Å². The van der Waals surface area contributed by atoms with Gasteiger partial charge < -0.3 is 0 Å². The highest BCUT2D eigenvalue weighted by Crippen LogP contribution is 2.36. The van der Waals surface area contributed by atoms with Crippen LogP contribution < -0.4 is 5.46 Å². The maximum absolute atomic E-state index is 14.1. The Morgan fingerprint density at radius 2 is 0.909 bits per heavy atom. The highest BCUT2D eigenvalue weighted by atomic mass is 19.2. The van der Waals surface area contributed by atoms with Crippen molar-refractivity contribution < 1.29 is 30.7 Å². The third-order valence-corrected chi connectivity index (χ3v) is 3.51. The van der Waals surface area contributed by atoms with Crippen molar-refractivity contribution >= 4 is 13.3 Å². The summed E-state index contributed by atoms with van der Waals surface area (Å²) in [6.45, 7) is 1.64. The zero-order valence-electron chi connectivity index (χ0n) is 11.6. The van der Waals surface area contributed by atoms with Gasteiger partial charge in [-0.1, -0.05) is 0 Å². The predicted octanol–water partition coefficient (Wildman–Crippen LogP) is 3.20. The van der Waals surface area contributed by atoms with Gasteiger partial charge in [-0.05, 0) is 24.9 Å². The average molecular weight is 320 g/mol. The lowest BCUT2D eigenvalue weighted by molar-refractivity contribution is 0.447. The molecule has 22 heavy (non-hydrogen) atoms. The van der Waals surface area contributed by atoms with Gasteiger partial charge >= 0.3 is 0 Å². The minimum absolute atomic E-state index is 0.791. The van der Waals surface area contributed by atoms with Crippen LogP contribution in [0.3, 0.4) is 0 Å². The molecule has 0 bridgehead atoms. The van der Waals surface area contributed by atoms with Crippen LogP contribution in [-0.4, -0.2) is 7.85 Å². The lowest BCUT2D eigenvalue weighted by Crippen LogP contribution is -2.20. The van der Waals surface area contributed by atoms with Gasteiger partial charge in [0.1, 0.15) is 13.7 Å². The van der Waals surface area contributed by atoms with Crippen molar-refractivity contribution in [1.82, 2.24) is 0 Å². The largest absolute Gasteiger partial charge is 0.207 e. The average Bonchev–Trinajstić information content (AvgIpc) is 2.50. The lowest BCUT2D eigenvalue weighted by atomic mass is 9.87. The maximum atomic E-state index is 14.1. The number of hydrogen-bond donors (Lipinski definition) is 0. The first-order valence-electron chi connectivity index (χ1n) is 6.07. The summed E-state index contributed by atoms with van der Waals surface area (Å²) in [5.41, 5.74) is -5.03. The van der Waals surface area contributed by atoms with Crippen LogP contribution in [0, 0.1) is 54.6 Å². The Morgan fingerprint density at radius 1 is 0.500 bits per heavy atom. The van der Waals surface area contributed by atoms with Crippen molar-refractivity contribution in [2.45, 2.75) is 13.8 Å². The first-order valence-corrected chi connectivity index (χ1v) is 6.07. The van der Waals surface area contributed by atoms with Gasteiger partial charge in [0.2, 0.25) is 0 Å². The highest BCUT2D eigenvalue weighted by molar-refractivity contribution is 6.33. The monoisotopic (exact) mass is 320 g/mol. The van der Waals surface area contributed by atoms with Gasteiger partial charge in [0.05, 0.1) is 5.56 Å². The summed E-state index contributed by atoms with van der Waals surface area (Å²) in [6, 6.07) is 0. The molecule has 0 atom stereocenters. The van der Waals surface area contributed by atoms with Crippen LogP contribution >= 0.6 is 0 Å². The molecule has 2 aromatic carbocycles. The molecule has 0 amide bonds. The molecule has 0 N–H and O–H groups in total. The second-order valence-electron chi connectivity index (χ2n) is 4.82. The van der Waals surface area contributed by atoms with E-state index in [1.807, 2.05) is 0 Å². The Balaban J connectivity index is 3.03. The quantitative estimate of drug-likeness (QED) is 0.430. The van der Waals surface area contributed by atoms with Crippen molar-refractivity contribution in [3.8, 4) is 11.1 Å². The Morgan fingerprint density at radius 3 is 1.36 bits per heavy atom. The van der Waals surface area contributed by atoms with Gasteiger partial charge in [0.15, 0.2) is 34.9 Å². The molecule has 0 aliphatic heterocycles. The van der Waals surface area contributed by atoms with E-state index in [-0.39, 0.29) is 0 Å². The first-order chi connectivity index (χ1) is 10.1. The molecular weight excluding hydrogens is 312 g/mol. The van der Waals surface area contributed by atoms with E-state index in [9.17, 15) is 30.7 Å². The van der Waals surface area contributed by atoms with Crippen LogP contribution in [0.2, 0.25) is 0 Å². The van der Waals surface area contributed by atoms with Crippen LogP contribution in [0.4, 0.5) is 30.7 Å². The van der Waals surface area contributed by atoms with Gasteiger partial charge in [0, 0.05) is 11.1 Å². The number of benzene rings is 2. The predicted molar refractivity (Wildman–Crippen MR) is 69.2 cm³/mol. The Hall–Kier alpha value is -1.99. The topological polar surface area (TPSA) is 0 Å². The fourth-order valence-corrected chi connectivity index (χ4v) is 2.15. The molecule has 0 aliphatic carbocycles. The summed E-state index contributed by atoms with van der Waals surface area (Å²) in [5.74, 6) is -11.8. The minimum Gasteiger partial charge on any atom is -0.207 e. The third kappa shape index (κ3) is 2.08. The molecule has 0 saturated carbocycles. The smallest absolute Gasteiger partial charge is 0.170 e. The summed E-state index contributed by atoms with van der Waals surface area (Å²) in [6.07, 6.45) is 0. The Labute approximate surface area is 122 Å². The molecule has 0 fully saturated rings. The highest BCUT2D eigenvalue weighted by Gasteiger charge is 2.30. The summed E-state index contributed by atoms with van der Waals surface area (Å²) < 4.78 is 96.3. The van der Waals surface area contributed by atoms with Crippen molar-refractivity contribution in [1.29, 1.82) is 0 Å². The second kappa shape index (κ2) is 5.33. The SMILES string of the molecule is Bc1c(F)c(F)c(C)c(-c2c(F)c(F)c(C)c(F)c2F)c1F. The number of hydrogen-bond acceptors (Lipinski definition) is 0. The van der Waals surface area contributed by atoms with E-state index in [2.05, 4.69) is 0 Å². The van der Waals surface area contributed by atoms with E-state index >= 15 is 0 Å². The first kappa shape index (κ1) is 16.4. The molecule has 116 valence electrons. The third-order valence-electron chi connectivity index (χ3n) is 3.51. The number of rotatable bonds is 1. The Bertz CT molecular complexity index is 673. The molecule has 0 aliphatic rings. The number of halogens is 7. The van der Waals surface area contributed by atoms with Gasteiger partial charge in [-0.3, -0.25) is 0 Å². The molecule has 0 saturated heterocycles. The summed E-state index contributed by atoms with van der Waals surface area (Å²) in [5, 5.41) is 0. The van der Waals surface area contributed by atoms with Crippen LogP contribution in [-0.2, 0) is 0 Å². The Kier molecular flexibility index (Phi) is 3.97. The fraction of sp³-hybridized carbons (Fsp3) is 0.143. The van der Waals surface area contributed by atoms with Gasteiger partial charge in [-0.25, -0.2) is 30.7 Å². The normalized spacial score (nSPS) is 11.1. The molecule has 0 nitrogen and oxygen atoms in total. The molecule has 2 aromatic rings. The zero-order valence-corrected chi connectivity index (χ0v) is 11.6. The van der Waals surface area contributed by atoms with Crippen LogP contribution in [0.15, 0.2) is 0 Å². The molecular formula is C14H8BF7. The van der Waals surface area contributed by atoms with E-state index < -0.39 is 68.4 Å². The minimum atomic E-state index is -1.87. The standard InChI is InChI=1S/C14H8BF7/c1-3-5(11(19)7(15)14(22)8(3)16)6-12(20)9(17)4(2)10(18)13(6)21/h15H2,1-2H3. The lowest BCUT2D eigenvalue weighted by Gasteiger charge is -2.15. The van der Waals surface area contributed by atoms with Gasteiger partial charge in [-0.15, -0.1) is 0 Å². The molecule has 2 rings (SSSR count). The molecule has 0 unspecified atom stereocenters. The van der Waals surface area contributed by atoms with Gasteiger partial charge in [0.25, 0.3) is 0 Å². The second-order valence-corrected chi connectivity index (χ2v) is 4.82. The van der Waals surface area contributed by atoms with Crippen LogP contribution in [0.5, 0.6) is 0 Å². The van der Waals surface area contributed by atoms with Crippen molar-refractivity contribution in [2.24, 2.45) is 0 Å². The van der Waals surface area contributed by atoms with Crippen LogP contribution in [0.25, 0.3) is 11.1 Å². The van der Waals surface area contributed by atoms with Crippen molar-refractivity contribution in [2.75, 3.05) is 0 Å². The van der Waals surface area contributed by atoms with Crippen LogP contribution in [0.1, 0.15) is 11.1 Å². The van der Waals surface area contributed by atoms with Crippen molar-refractivity contribution in [3.63, 3.8) is 0 Å². The molecule has 8 heteroatoms. The summed E-state index contributed by atoms with van der Waals surface area (Å²) >= 11 is 0. The summed E-state index contributed by atoms with van der Waals surface area (Å²) in [4.78, 5) is 0. The molecule has 0 heterocycles. The van der Waals surface area contributed by atoms with E-state index in [4.69, 9.17) is 0 Å². The molecule has 0 spiro atoms. The zero-order chi connectivity index (χ0) is 16.9. The van der Waals surface area contributed by atoms with E-state index in [1.165, 1.54) is 0 Å². The van der Waals surface area contributed by atoms with E-state index in [0.717, 1.165) is 21.7 Å².